The fraction of sp³-hybridized carbons (Fsp3) is 0.333. The number of rotatable bonds is 4. The highest BCUT2D eigenvalue weighted by atomic mass is 32.2. The van der Waals surface area contributed by atoms with Crippen molar-refractivity contribution >= 4 is 23.4 Å². The van der Waals surface area contributed by atoms with Crippen molar-refractivity contribution in [3.63, 3.8) is 0 Å². The summed E-state index contributed by atoms with van der Waals surface area (Å²) in [6.07, 6.45) is 1.81. The normalized spacial score (nSPS) is 14.8. The number of anilines is 1. The van der Waals surface area contributed by atoms with Gasteiger partial charge in [-0.1, -0.05) is 17.8 Å². The third-order valence-electron chi connectivity index (χ3n) is 4.05. The van der Waals surface area contributed by atoms with Gasteiger partial charge < -0.3 is 9.80 Å². The van der Waals surface area contributed by atoms with Gasteiger partial charge in [-0.05, 0) is 42.8 Å². The number of benzene rings is 1. The lowest BCUT2D eigenvalue weighted by atomic mass is 10.2. The Labute approximate surface area is 145 Å². The zero-order valence-electron chi connectivity index (χ0n) is 13.6. The molecule has 0 unspecified atom stereocenters. The maximum atomic E-state index is 13.0. The molecule has 1 aromatic heterocycles. The minimum absolute atomic E-state index is 0.140. The van der Waals surface area contributed by atoms with Crippen molar-refractivity contribution in [3.05, 3.63) is 54.0 Å². The number of carbonyl (C=O) groups is 1. The molecular weight excluding hydrogens is 325 g/mol. The second-order valence-corrected chi connectivity index (χ2v) is 6.80. The topological polar surface area (TPSA) is 36.4 Å². The fourth-order valence-electron chi connectivity index (χ4n) is 2.63. The molecule has 0 spiro atoms. The molecule has 0 atom stereocenters. The van der Waals surface area contributed by atoms with E-state index in [9.17, 15) is 9.18 Å². The molecule has 2 heterocycles. The molecule has 4 nitrogen and oxygen atoms in total. The average Bonchev–Trinajstić information content (AvgIpc) is 2.62. The minimum Gasteiger partial charge on any atom is -0.368 e. The van der Waals surface area contributed by atoms with Crippen LogP contribution in [0.4, 0.5) is 10.1 Å². The number of piperazine rings is 1. The van der Waals surface area contributed by atoms with Gasteiger partial charge in [0.15, 0.2) is 0 Å². The fourth-order valence-corrected chi connectivity index (χ4v) is 3.38. The number of nitrogens with zero attached hydrogens (tertiary/aromatic N) is 3. The molecule has 126 valence electrons. The SMILES string of the molecule is Cc1ccc(SCC(=O)N2CCN(c3ccc(F)cc3)CC2)nc1. The zero-order valence-corrected chi connectivity index (χ0v) is 14.4. The predicted molar refractivity (Wildman–Crippen MR) is 94.9 cm³/mol. The van der Waals surface area contributed by atoms with E-state index in [0.717, 1.165) is 29.4 Å². The van der Waals surface area contributed by atoms with Gasteiger partial charge >= 0.3 is 0 Å². The number of aryl methyl sites for hydroxylation is 1. The highest BCUT2D eigenvalue weighted by Crippen LogP contribution is 2.19. The van der Waals surface area contributed by atoms with E-state index in [1.807, 2.05) is 30.2 Å². The molecule has 1 saturated heterocycles. The van der Waals surface area contributed by atoms with Gasteiger partial charge in [-0.2, -0.15) is 0 Å². The Hall–Kier alpha value is -2.08. The molecule has 1 amide bonds. The third-order valence-corrected chi connectivity index (χ3v) is 4.98. The van der Waals surface area contributed by atoms with E-state index in [4.69, 9.17) is 0 Å². The van der Waals surface area contributed by atoms with Crippen molar-refractivity contribution in [2.75, 3.05) is 36.8 Å². The van der Waals surface area contributed by atoms with Gasteiger partial charge in [0.2, 0.25) is 5.91 Å². The molecule has 0 N–H and O–H groups in total. The van der Waals surface area contributed by atoms with E-state index in [-0.39, 0.29) is 11.7 Å². The second-order valence-electron chi connectivity index (χ2n) is 5.81. The van der Waals surface area contributed by atoms with Gasteiger partial charge in [-0.15, -0.1) is 0 Å². The molecule has 24 heavy (non-hydrogen) atoms. The molecule has 6 heteroatoms. The Morgan fingerprint density at radius 1 is 1.12 bits per heavy atom. The first-order valence-corrected chi connectivity index (χ1v) is 8.94. The molecule has 1 fully saturated rings. The van der Waals surface area contributed by atoms with Crippen molar-refractivity contribution in [2.45, 2.75) is 11.9 Å². The average molecular weight is 345 g/mol. The van der Waals surface area contributed by atoms with Crippen molar-refractivity contribution in [1.82, 2.24) is 9.88 Å². The van der Waals surface area contributed by atoms with Crippen LogP contribution >= 0.6 is 11.8 Å². The number of hydrogen-bond acceptors (Lipinski definition) is 4. The Balaban J connectivity index is 1.48. The summed E-state index contributed by atoms with van der Waals surface area (Å²) >= 11 is 1.47. The van der Waals surface area contributed by atoms with Gasteiger partial charge in [0.25, 0.3) is 0 Å². The first kappa shape index (κ1) is 16.8. The summed E-state index contributed by atoms with van der Waals surface area (Å²) in [5.74, 6) is 0.322. The van der Waals surface area contributed by atoms with Crippen LogP contribution in [0.15, 0.2) is 47.6 Å². The van der Waals surface area contributed by atoms with Crippen LogP contribution in [0, 0.1) is 12.7 Å². The summed E-state index contributed by atoms with van der Waals surface area (Å²) < 4.78 is 13.0. The van der Waals surface area contributed by atoms with Crippen LogP contribution < -0.4 is 4.90 Å². The van der Waals surface area contributed by atoms with E-state index in [0.29, 0.717) is 18.8 Å². The van der Waals surface area contributed by atoms with Crippen LogP contribution in [0.3, 0.4) is 0 Å². The smallest absolute Gasteiger partial charge is 0.233 e. The Morgan fingerprint density at radius 3 is 2.46 bits per heavy atom. The molecule has 0 saturated carbocycles. The Morgan fingerprint density at radius 2 is 1.83 bits per heavy atom. The number of carbonyl (C=O) groups excluding carboxylic acids is 1. The quantitative estimate of drug-likeness (QED) is 0.799. The molecular formula is C18H20FN3OS. The van der Waals surface area contributed by atoms with Crippen LogP contribution in [0.2, 0.25) is 0 Å². The van der Waals surface area contributed by atoms with E-state index in [1.54, 1.807) is 12.1 Å². The van der Waals surface area contributed by atoms with Crippen molar-refractivity contribution in [2.24, 2.45) is 0 Å². The lowest BCUT2D eigenvalue weighted by Gasteiger charge is -2.36. The number of amides is 1. The number of thioether (sulfide) groups is 1. The molecule has 1 aliphatic heterocycles. The van der Waals surface area contributed by atoms with Gasteiger partial charge in [-0.25, -0.2) is 9.37 Å². The molecule has 2 aromatic rings. The second kappa shape index (κ2) is 7.66. The first-order chi connectivity index (χ1) is 11.6. The van der Waals surface area contributed by atoms with Crippen molar-refractivity contribution in [3.8, 4) is 0 Å². The van der Waals surface area contributed by atoms with Crippen LogP contribution in [-0.2, 0) is 4.79 Å². The van der Waals surface area contributed by atoms with Crippen molar-refractivity contribution in [1.29, 1.82) is 0 Å². The van der Waals surface area contributed by atoms with Crippen LogP contribution in [-0.4, -0.2) is 47.7 Å². The number of halogens is 1. The molecule has 0 radical (unpaired) electrons. The maximum Gasteiger partial charge on any atom is 0.233 e. The van der Waals surface area contributed by atoms with Gasteiger partial charge in [0.1, 0.15) is 5.82 Å². The summed E-state index contributed by atoms with van der Waals surface area (Å²) in [5, 5.41) is 0.874. The van der Waals surface area contributed by atoms with Crippen LogP contribution in [0.1, 0.15) is 5.56 Å². The summed E-state index contributed by atoms with van der Waals surface area (Å²) in [7, 11) is 0. The number of hydrogen-bond donors (Lipinski definition) is 0. The predicted octanol–water partition coefficient (Wildman–Crippen LogP) is 2.97. The van der Waals surface area contributed by atoms with Gasteiger partial charge in [0.05, 0.1) is 10.8 Å². The minimum atomic E-state index is -0.227. The maximum absolute atomic E-state index is 13.0. The Kier molecular flexibility index (Phi) is 5.35. The summed E-state index contributed by atoms with van der Waals surface area (Å²) in [4.78, 5) is 20.7. The lowest BCUT2D eigenvalue weighted by molar-refractivity contribution is -0.128. The number of aromatic nitrogens is 1. The van der Waals surface area contributed by atoms with Gasteiger partial charge in [-0.3, -0.25) is 4.79 Å². The van der Waals surface area contributed by atoms with E-state index in [1.165, 1.54) is 23.9 Å². The molecule has 1 aliphatic rings. The first-order valence-electron chi connectivity index (χ1n) is 7.95. The largest absolute Gasteiger partial charge is 0.368 e. The molecule has 3 rings (SSSR count). The summed E-state index contributed by atoms with van der Waals surface area (Å²) in [5.41, 5.74) is 2.12. The zero-order chi connectivity index (χ0) is 16.9. The number of pyridine rings is 1. The highest BCUT2D eigenvalue weighted by molar-refractivity contribution is 7.99. The lowest BCUT2D eigenvalue weighted by Crippen LogP contribution is -2.49. The van der Waals surface area contributed by atoms with Crippen LogP contribution in [0.25, 0.3) is 0 Å². The monoisotopic (exact) mass is 345 g/mol. The third kappa shape index (κ3) is 4.26. The van der Waals surface area contributed by atoms with Gasteiger partial charge in [0, 0.05) is 38.1 Å². The molecule has 1 aromatic carbocycles. The van der Waals surface area contributed by atoms with E-state index < -0.39 is 0 Å². The van der Waals surface area contributed by atoms with Crippen molar-refractivity contribution < 1.29 is 9.18 Å². The van der Waals surface area contributed by atoms with Crippen LogP contribution in [0.5, 0.6) is 0 Å². The Bertz CT molecular complexity index is 682. The standard InChI is InChI=1S/C18H20FN3OS/c1-14-2-7-17(20-12-14)24-13-18(23)22-10-8-21(9-11-22)16-5-3-15(19)4-6-16/h2-7,12H,8-11,13H2,1H3. The highest BCUT2D eigenvalue weighted by Gasteiger charge is 2.21. The molecule has 0 bridgehead atoms. The van der Waals surface area contributed by atoms with E-state index >= 15 is 0 Å². The summed E-state index contributed by atoms with van der Waals surface area (Å²) in [6, 6.07) is 10.5. The summed E-state index contributed by atoms with van der Waals surface area (Å²) in [6.45, 7) is 4.92. The molecule has 0 aliphatic carbocycles. The van der Waals surface area contributed by atoms with E-state index in [2.05, 4.69) is 9.88 Å².